The van der Waals surface area contributed by atoms with Gasteiger partial charge >= 0.3 is 0 Å². The van der Waals surface area contributed by atoms with Gasteiger partial charge in [-0.2, -0.15) is 0 Å². The fraction of sp³-hybridized carbons (Fsp3) is 0.0345. The minimum atomic E-state index is -0.603. The molecule has 0 spiro atoms. The van der Waals surface area contributed by atoms with E-state index < -0.39 is 11.6 Å². The van der Waals surface area contributed by atoms with Gasteiger partial charge in [0.2, 0.25) is 0 Å². The Kier molecular flexibility index (Phi) is 8.92. The zero-order valence-corrected chi connectivity index (χ0v) is 20.7. The normalized spacial score (nSPS) is 9.97. The Balaban J connectivity index is 0.000000212. The maximum atomic E-state index is 14.0. The van der Waals surface area contributed by atoms with Gasteiger partial charge in [0.15, 0.2) is 0 Å². The average Bonchev–Trinajstić information content (AvgIpc) is 2.87. The number of rotatable bonds is 3. The van der Waals surface area contributed by atoms with Crippen LogP contribution in [0.25, 0.3) is 33.6 Å². The van der Waals surface area contributed by atoms with Crippen molar-refractivity contribution >= 4 is 0 Å². The fourth-order valence-corrected chi connectivity index (χ4v) is 3.41. The van der Waals surface area contributed by atoms with Gasteiger partial charge in [-0.25, -0.2) is 4.39 Å². The second-order valence-electron chi connectivity index (χ2n) is 7.24. The first-order chi connectivity index (χ1) is 16.1. The summed E-state index contributed by atoms with van der Waals surface area (Å²) in [4.78, 5) is 8.47. The van der Waals surface area contributed by atoms with Gasteiger partial charge < -0.3 is 9.97 Å². The van der Waals surface area contributed by atoms with Crippen LogP contribution in [0.2, 0.25) is 0 Å². The molecule has 5 rings (SSSR count). The SMILES string of the molecule is Cc1ccnc(-c2[c-]c(F)ccc2F)c1-c1ccccc1.[Ir].[c-]1ccccc1-c1ccccn1. The van der Waals surface area contributed by atoms with Crippen molar-refractivity contribution in [3.8, 4) is 33.6 Å². The summed E-state index contributed by atoms with van der Waals surface area (Å²) < 4.78 is 27.5. The molecule has 0 aliphatic heterocycles. The van der Waals surface area contributed by atoms with E-state index in [4.69, 9.17) is 0 Å². The van der Waals surface area contributed by atoms with Crippen LogP contribution in [0.1, 0.15) is 5.56 Å². The summed E-state index contributed by atoms with van der Waals surface area (Å²) in [5.74, 6) is -1.14. The van der Waals surface area contributed by atoms with E-state index in [1.165, 1.54) is 0 Å². The van der Waals surface area contributed by atoms with E-state index >= 15 is 0 Å². The van der Waals surface area contributed by atoms with Crippen molar-refractivity contribution in [3.63, 3.8) is 0 Å². The number of hydrogen-bond donors (Lipinski definition) is 0. The number of nitrogens with zero attached hydrogens (tertiary/aromatic N) is 2. The van der Waals surface area contributed by atoms with Gasteiger partial charge in [0.1, 0.15) is 0 Å². The molecule has 34 heavy (non-hydrogen) atoms. The van der Waals surface area contributed by atoms with Gasteiger partial charge in [0, 0.05) is 44.1 Å². The smallest absolute Gasteiger partial charge is 0.0407 e. The third-order valence-corrected chi connectivity index (χ3v) is 4.97. The van der Waals surface area contributed by atoms with E-state index in [0.717, 1.165) is 40.1 Å². The largest absolute Gasteiger partial charge is 0.305 e. The molecule has 0 bridgehead atoms. The Hall–Kier alpha value is -3.53. The van der Waals surface area contributed by atoms with Crippen molar-refractivity contribution in [2.24, 2.45) is 0 Å². The van der Waals surface area contributed by atoms with E-state index in [0.29, 0.717) is 5.69 Å². The topological polar surface area (TPSA) is 25.8 Å². The van der Waals surface area contributed by atoms with E-state index in [1.54, 1.807) is 12.4 Å². The summed E-state index contributed by atoms with van der Waals surface area (Å²) in [6, 6.07) is 32.8. The summed E-state index contributed by atoms with van der Waals surface area (Å²) in [6.45, 7) is 1.92. The number of halogens is 2. The molecule has 3 aromatic carbocycles. The third-order valence-electron chi connectivity index (χ3n) is 4.97. The monoisotopic (exact) mass is 627 g/mol. The maximum absolute atomic E-state index is 14.0. The van der Waals surface area contributed by atoms with Gasteiger partial charge in [0.25, 0.3) is 0 Å². The van der Waals surface area contributed by atoms with Crippen LogP contribution in [0.15, 0.2) is 103 Å². The van der Waals surface area contributed by atoms with Gasteiger partial charge in [-0.3, -0.25) is 4.39 Å². The number of benzene rings is 3. The molecule has 1 radical (unpaired) electrons. The Morgan fingerprint density at radius 1 is 0.735 bits per heavy atom. The van der Waals surface area contributed by atoms with Crippen molar-refractivity contribution in [1.82, 2.24) is 9.97 Å². The Morgan fingerprint density at radius 2 is 1.50 bits per heavy atom. The molecule has 2 nitrogen and oxygen atoms in total. The standard InChI is InChI=1S/C18H12F2N.C11H8N.Ir/c1-12-9-10-21-18(15-11-14(19)7-8-16(15)20)17(12)13-5-3-2-4-6-13;1-2-6-10(7-3-1)11-8-4-5-9-12-11;/h2-10H,1H3;1-6,8-9H;/q2*-1;. The minimum Gasteiger partial charge on any atom is -0.305 e. The zero-order valence-electron chi connectivity index (χ0n) is 18.3. The first-order valence-corrected chi connectivity index (χ1v) is 10.4. The molecule has 5 heteroatoms. The molecule has 2 aromatic heterocycles. The first-order valence-electron chi connectivity index (χ1n) is 10.4. The van der Waals surface area contributed by atoms with E-state index in [-0.39, 0.29) is 25.7 Å². The molecule has 0 N–H and O–H groups in total. The van der Waals surface area contributed by atoms with Gasteiger partial charge in [-0.05, 0) is 47.1 Å². The van der Waals surface area contributed by atoms with Crippen molar-refractivity contribution in [2.45, 2.75) is 6.92 Å². The van der Waals surface area contributed by atoms with E-state index in [9.17, 15) is 8.78 Å². The predicted molar refractivity (Wildman–Crippen MR) is 127 cm³/mol. The fourth-order valence-electron chi connectivity index (χ4n) is 3.41. The molecule has 0 atom stereocenters. The van der Waals surface area contributed by atoms with Crippen molar-refractivity contribution in [2.75, 3.05) is 0 Å². The molecular weight excluding hydrogens is 607 g/mol. The van der Waals surface area contributed by atoms with Crippen molar-refractivity contribution in [1.29, 1.82) is 0 Å². The van der Waals surface area contributed by atoms with Gasteiger partial charge in [-0.15, -0.1) is 54.1 Å². The molecule has 2 heterocycles. The van der Waals surface area contributed by atoms with Crippen LogP contribution < -0.4 is 0 Å². The van der Waals surface area contributed by atoms with Crippen LogP contribution >= 0.6 is 0 Å². The zero-order chi connectivity index (χ0) is 23.0. The molecule has 0 aliphatic rings. The summed E-state index contributed by atoms with van der Waals surface area (Å²) in [7, 11) is 0. The number of aryl methyl sites for hydroxylation is 1. The third kappa shape index (κ3) is 6.07. The first kappa shape index (κ1) is 25.1. The van der Waals surface area contributed by atoms with Crippen LogP contribution in [-0.2, 0) is 20.1 Å². The molecule has 171 valence electrons. The molecule has 0 unspecified atom stereocenters. The number of pyridine rings is 2. The summed E-state index contributed by atoms with van der Waals surface area (Å²) in [5, 5.41) is 0. The Labute approximate surface area is 211 Å². The van der Waals surface area contributed by atoms with Crippen LogP contribution in [0.4, 0.5) is 8.78 Å². The molecule has 5 aromatic rings. The number of hydrogen-bond acceptors (Lipinski definition) is 2. The van der Waals surface area contributed by atoms with Gasteiger partial charge in [-0.1, -0.05) is 48.0 Å². The summed E-state index contributed by atoms with van der Waals surface area (Å²) in [6.07, 6.45) is 3.38. The quantitative estimate of drug-likeness (QED) is 0.196. The predicted octanol–water partition coefficient (Wildman–Crippen LogP) is 7.35. The van der Waals surface area contributed by atoms with E-state index in [1.807, 2.05) is 85.8 Å². The van der Waals surface area contributed by atoms with E-state index in [2.05, 4.69) is 22.1 Å². The van der Waals surface area contributed by atoms with Gasteiger partial charge in [0.05, 0.1) is 0 Å². The molecule has 0 amide bonds. The molecule has 0 aliphatic carbocycles. The van der Waals surface area contributed by atoms with Crippen molar-refractivity contribution < 1.29 is 28.9 Å². The minimum absolute atomic E-state index is 0. The van der Waals surface area contributed by atoms with Crippen LogP contribution in [0.3, 0.4) is 0 Å². The summed E-state index contributed by atoms with van der Waals surface area (Å²) in [5.41, 5.74) is 5.12. The number of aromatic nitrogens is 2. The Bertz CT molecular complexity index is 1290. The molecular formula is C29H20F2IrN2-2. The average molecular weight is 627 g/mol. The molecule has 0 saturated heterocycles. The van der Waals surface area contributed by atoms with Crippen LogP contribution in [-0.4, -0.2) is 9.97 Å². The second-order valence-corrected chi connectivity index (χ2v) is 7.24. The van der Waals surface area contributed by atoms with Crippen molar-refractivity contribution in [3.05, 3.63) is 133 Å². The van der Waals surface area contributed by atoms with Crippen LogP contribution in [0.5, 0.6) is 0 Å². The molecule has 0 saturated carbocycles. The summed E-state index contributed by atoms with van der Waals surface area (Å²) >= 11 is 0. The maximum Gasteiger partial charge on any atom is 0.0407 e. The van der Waals surface area contributed by atoms with Crippen LogP contribution in [0, 0.1) is 30.7 Å². The second kappa shape index (κ2) is 12.1. The molecule has 0 fully saturated rings. The Morgan fingerprint density at radius 3 is 2.21 bits per heavy atom.